The Morgan fingerprint density at radius 3 is 2.64 bits per heavy atom. The van der Waals surface area contributed by atoms with Gasteiger partial charge >= 0.3 is 5.97 Å². The van der Waals surface area contributed by atoms with Crippen molar-refractivity contribution in [2.45, 2.75) is 32.8 Å². The standard InChI is InChI=1S/C18H22FN3O3/c1-18(2,3)25-15(23)9-11-5-6-12(10-13(11)19)24-14-7-8-22-17(21-4)16(14)20/h5-8,10H,9,20H2,1-4H3,(H,21,22). The van der Waals surface area contributed by atoms with Gasteiger partial charge in [0.05, 0.1) is 6.42 Å². The van der Waals surface area contributed by atoms with E-state index < -0.39 is 17.4 Å². The van der Waals surface area contributed by atoms with Gasteiger partial charge in [0.15, 0.2) is 11.6 Å². The van der Waals surface area contributed by atoms with Crippen LogP contribution in [0.15, 0.2) is 30.5 Å². The highest BCUT2D eigenvalue weighted by molar-refractivity contribution is 5.73. The van der Waals surface area contributed by atoms with Crippen LogP contribution in [0.25, 0.3) is 0 Å². The Balaban J connectivity index is 2.13. The zero-order valence-electron chi connectivity index (χ0n) is 14.7. The first-order valence-corrected chi connectivity index (χ1v) is 7.80. The molecule has 3 N–H and O–H groups in total. The molecule has 0 radical (unpaired) electrons. The molecule has 0 saturated heterocycles. The number of halogens is 1. The van der Waals surface area contributed by atoms with Crippen molar-refractivity contribution < 1.29 is 18.7 Å². The van der Waals surface area contributed by atoms with Crippen molar-refractivity contribution in [3.8, 4) is 11.5 Å². The predicted octanol–water partition coefficient (Wildman–Crippen LogP) is 3.52. The molecule has 134 valence electrons. The van der Waals surface area contributed by atoms with E-state index in [2.05, 4.69) is 10.3 Å². The van der Waals surface area contributed by atoms with Crippen molar-refractivity contribution in [1.29, 1.82) is 0 Å². The maximum absolute atomic E-state index is 14.2. The number of pyridine rings is 1. The van der Waals surface area contributed by atoms with Crippen molar-refractivity contribution in [3.05, 3.63) is 41.8 Å². The summed E-state index contributed by atoms with van der Waals surface area (Å²) in [7, 11) is 1.69. The number of carbonyl (C=O) groups excluding carboxylic acids is 1. The topological polar surface area (TPSA) is 86.5 Å². The van der Waals surface area contributed by atoms with Crippen LogP contribution in [0.3, 0.4) is 0 Å². The van der Waals surface area contributed by atoms with E-state index in [4.69, 9.17) is 15.2 Å². The Labute approximate surface area is 146 Å². The van der Waals surface area contributed by atoms with E-state index in [1.165, 1.54) is 18.3 Å². The van der Waals surface area contributed by atoms with Gasteiger partial charge in [-0.25, -0.2) is 9.37 Å². The number of aromatic nitrogens is 1. The largest absolute Gasteiger partial charge is 0.460 e. The summed E-state index contributed by atoms with van der Waals surface area (Å²) in [5, 5.41) is 2.84. The summed E-state index contributed by atoms with van der Waals surface area (Å²) in [5.74, 6) is 0.0606. The molecule has 0 amide bonds. The lowest BCUT2D eigenvalue weighted by molar-refractivity contribution is -0.153. The normalized spacial score (nSPS) is 11.1. The lowest BCUT2D eigenvalue weighted by Gasteiger charge is -2.19. The third-order valence-electron chi connectivity index (χ3n) is 3.19. The highest BCUT2D eigenvalue weighted by Gasteiger charge is 2.18. The summed E-state index contributed by atoms with van der Waals surface area (Å²) >= 11 is 0. The second-order valence-corrected chi connectivity index (χ2v) is 6.44. The molecule has 0 aliphatic carbocycles. The molecule has 0 bridgehead atoms. The predicted molar refractivity (Wildman–Crippen MR) is 94.2 cm³/mol. The molecule has 1 aromatic carbocycles. The molecule has 0 aliphatic heterocycles. The molecule has 7 heteroatoms. The van der Waals surface area contributed by atoms with Crippen molar-refractivity contribution in [2.75, 3.05) is 18.1 Å². The minimum Gasteiger partial charge on any atom is -0.460 e. The number of hydrogen-bond acceptors (Lipinski definition) is 6. The zero-order valence-corrected chi connectivity index (χ0v) is 14.7. The van der Waals surface area contributed by atoms with E-state index in [0.29, 0.717) is 17.3 Å². The molecule has 25 heavy (non-hydrogen) atoms. The molecule has 1 heterocycles. The van der Waals surface area contributed by atoms with Crippen LogP contribution >= 0.6 is 0 Å². The Kier molecular flexibility index (Phi) is 5.46. The Hall–Kier alpha value is -2.83. The van der Waals surface area contributed by atoms with Crippen molar-refractivity contribution in [1.82, 2.24) is 4.98 Å². The summed E-state index contributed by atoms with van der Waals surface area (Å²) in [6, 6.07) is 5.86. The molecule has 0 spiro atoms. The van der Waals surface area contributed by atoms with Crippen LogP contribution in [0.5, 0.6) is 11.5 Å². The lowest BCUT2D eigenvalue weighted by Crippen LogP contribution is -2.25. The van der Waals surface area contributed by atoms with Crippen LogP contribution in [0.4, 0.5) is 15.9 Å². The van der Waals surface area contributed by atoms with Gasteiger partial charge in [0.1, 0.15) is 22.9 Å². The number of benzene rings is 1. The van der Waals surface area contributed by atoms with E-state index in [1.54, 1.807) is 40.0 Å². The fourth-order valence-electron chi connectivity index (χ4n) is 2.14. The molecule has 2 aromatic rings. The number of nitrogens with two attached hydrogens (primary N) is 1. The van der Waals surface area contributed by atoms with E-state index in [9.17, 15) is 9.18 Å². The number of nitrogen functional groups attached to an aromatic ring is 1. The van der Waals surface area contributed by atoms with Gasteiger partial charge in [0.25, 0.3) is 0 Å². The summed E-state index contributed by atoms with van der Waals surface area (Å²) in [6.07, 6.45) is 1.38. The number of nitrogens with one attached hydrogen (secondary N) is 1. The van der Waals surface area contributed by atoms with Gasteiger partial charge in [0, 0.05) is 25.4 Å². The third-order valence-corrected chi connectivity index (χ3v) is 3.19. The van der Waals surface area contributed by atoms with Gasteiger partial charge in [0.2, 0.25) is 0 Å². The second kappa shape index (κ2) is 7.38. The van der Waals surface area contributed by atoms with Crippen LogP contribution in [-0.4, -0.2) is 23.6 Å². The number of hydrogen-bond donors (Lipinski definition) is 2. The lowest BCUT2D eigenvalue weighted by atomic mass is 10.1. The molecular formula is C18H22FN3O3. The SMILES string of the molecule is CNc1nccc(Oc2ccc(CC(=O)OC(C)(C)C)c(F)c2)c1N. The molecule has 0 unspecified atom stereocenters. The Morgan fingerprint density at radius 1 is 1.32 bits per heavy atom. The van der Waals surface area contributed by atoms with Crippen LogP contribution in [0.1, 0.15) is 26.3 Å². The molecule has 1 aromatic heterocycles. The van der Waals surface area contributed by atoms with Gasteiger partial charge in [-0.05, 0) is 32.4 Å². The fraction of sp³-hybridized carbons (Fsp3) is 0.333. The maximum Gasteiger partial charge on any atom is 0.310 e. The third kappa shape index (κ3) is 5.07. The Bertz CT molecular complexity index is 773. The van der Waals surface area contributed by atoms with Crippen LogP contribution < -0.4 is 15.8 Å². The zero-order chi connectivity index (χ0) is 18.6. The molecule has 0 atom stereocenters. The summed E-state index contributed by atoms with van der Waals surface area (Å²) in [4.78, 5) is 15.9. The minimum atomic E-state index is -0.611. The number of rotatable bonds is 5. The summed E-state index contributed by atoms with van der Waals surface area (Å²) < 4.78 is 25.1. The Morgan fingerprint density at radius 2 is 2.04 bits per heavy atom. The van der Waals surface area contributed by atoms with Gasteiger partial charge in [-0.15, -0.1) is 0 Å². The monoisotopic (exact) mass is 347 g/mol. The molecule has 0 saturated carbocycles. The van der Waals surface area contributed by atoms with Crippen molar-refractivity contribution in [3.63, 3.8) is 0 Å². The molecular weight excluding hydrogens is 325 g/mol. The van der Waals surface area contributed by atoms with Crippen molar-refractivity contribution >= 4 is 17.5 Å². The number of esters is 1. The molecule has 0 fully saturated rings. The number of nitrogens with zero attached hydrogens (tertiary/aromatic N) is 1. The number of anilines is 2. The average molecular weight is 347 g/mol. The van der Waals surface area contributed by atoms with E-state index in [1.807, 2.05) is 0 Å². The van der Waals surface area contributed by atoms with Gasteiger partial charge < -0.3 is 20.5 Å². The molecule has 0 aliphatic rings. The van der Waals surface area contributed by atoms with Crippen molar-refractivity contribution in [2.24, 2.45) is 0 Å². The van der Waals surface area contributed by atoms with Gasteiger partial charge in [-0.3, -0.25) is 4.79 Å². The van der Waals surface area contributed by atoms with E-state index in [-0.39, 0.29) is 17.7 Å². The van der Waals surface area contributed by atoms with Crippen LogP contribution in [0, 0.1) is 5.82 Å². The van der Waals surface area contributed by atoms with Crippen LogP contribution in [0.2, 0.25) is 0 Å². The minimum absolute atomic E-state index is 0.148. The quantitative estimate of drug-likeness (QED) is 0.805. The number of ether oxygens (including phenoxy) is 2. The first-order chi connectivity index (χ1) is 11.7. The molecule has 2 rings (SSSR count). The van der Waals surface area contributed by atoms with Crippen LogP contribution in [-0.2, 0) is 16.0 Å². The summed E-state index contributed by atoms with van der Waals surface area (Å²) in [6.45, 7) is 5.28. The smallest absolute Gasteiger partial charge is 0.310 e. The van der Waals surface area contributed by atoms with E-state index in [0.717, 1.165) is 0 Å². The first kappa shape index (κ1) is 18.5. The highest BCUT2D eigenvalue weighted by Crippen LogP contribution is 2.31. The average Bonchev–Trinajstić information content (AvgIpc) is 2.50. The summed E-state index contributed by atoms with van der Waals surface area (Å²) in [5.41, 5.74) is 5.88. The molecule has 6 nitrogen and oxygen atoms in total. The van der Waals surface area contributed by atoms with E-state index >= 15 is 0 Å². The van der Waals surface area contributed by atoms with Gasteiger partial charge in [-0.2, -0.15) is 0 Å². The van der Waals surface area contributed by atoms with Gasteiger partial charge in [-0.1, -0.05) is 6.07 Å². The fourth-order valence-corrected chi connectivity index (χ4v) is 2.14. The second-order valence-electron chi connectivity index (χ2n) is 6.44. The first-order valence-electron chi connectivity index (χ1n) is 7.80. The highest BCUT2D eigenvalue weighted by atomic mass is 19.1. The maximum atomic E-state index is 14.2. The number of carbonyl (C=O) groups is 1.